The van der Waals surface area contributed by atoms with E-state index >= 15 is 24.0 Å². The number of nitrogens with two attached hydrogens (primary N) is 2. The fourth-order valence-electron chi connectivity index (χ4n) is 16.3. The van der Waals surface area contributed by atoms with Crippen LogP contribution < -0.4 is 70.0 Å². The van der Waals surface area contributed by atoms with Crippen molar-refractivity contribution in [3.05, 3.63) is 102 Å². The summed E-state index contributed by atoms with van der Waals surface area (Å²) in [5, 5.41) is 51.8. The third-order valence-corrected chi connectivity index (χ3v) is 25.7. The van der Waals surface area contributed by atoms with Crippen molar-refractivity contribution in [1.29, 1.82) is 0 Å². The molecule has 0 aliphatic carbocycles. The number of aliphatic hydroxyl groups is 1. The molecule has 133 heavy (non-hydrogen) atoms. The molecule has 0 bridgehead atoms. The van der Waals surface area contributed by atoms with Gasteiger partial charge in [0.05, 0.1) is 37.1 Å². The Morgan fingerprint density at radius 2 is 1.09 bits per heavy atom. The van der Waals surface area contributed by atoms with Crippen LogP contribution in [0.15, 0.2) is 85.2 Å². The molecule has 3 aliphatic heterocycles. The largest absolute Gasteiger partial charge is 0.508 e. The second-order valence-corrected chi connectivity index (χ2v) is 38.4. The number of fused-ring (bicyclic) bond motifs is 4. The molecule has 728 valence electrons. The lowest BCUT2D eigenvalue weighted by Crippen LogP contribution is -2.61. The van der Waals surface area contributed by atoms with Crippen molar-refractivity contribution in [2.75, 3.05) is 83.9 Å². The molecular formula is C90H130N20O21S2. The number of amides is 17. The number of carbonyl (C=O) groups excluding carboxylic acids is 17. The van der Waals surface area contributed by atoms with Gasteiger partial charge in [-0.15, -0.1) is 11.8 Å². The third-order valence-electron chi connectivity index (χ3n) is 23.7. The van der Waals surface area contributed by atoms with Crippen molar-refractivity contribution < 1.29 is 100 Å². The van der Waals surface area contributed by atoms with Gasteiger partial charge >= 0.3 is 0 Å². The van der Waals surface area contributed by atoms with Crippen LogP contribution in [0.5, 0.6) is 5.75 Å². The van der Waals surface area contributed by atoms with E-state index in [0.717, 1.165) is 32.7 Å². The first kappa shape index (κ1) is 106. The Labute approximate surface area is 777 Å². The summed E-state index contributed by atoms with van der Waals surface area (Å²) in [6.07, 6.45) is 2.97. The maximum Gasteiger partial charge on any atom is 0.246 e. The number of hydrogen-bond donors (Lipinski definition) is 17. The first-order valence-corrected chi connectivity index (χ1v) is 48.2. The maximum atomic E-state index is 15.6. The Bertz CT molecular complexity index is 5110. The van der Waals surface area contributed by atoms with Crippen LogP contribution in [0.1, 0.15) is 142 Å². The van der Waals surface area contributed by atoms with E-state index in [-0.39, 0.29) is 94.9 Å². The number of hydrogen-bond acceptors (Lipinski definition) is 23. The van der Waals surface area contributed by atoms with E-state index < -0.39 is 245 Å². The number of likely N-dealkylation sites (N-methyl/N-ethyl adjacent to an activating group) is 3. The molecule has 3 fully saturated rings. The lowest BCUT2D eigenvalue weighted by Gasteiger charge is -2.36. The maximum absolute atomic E-state index is 15.6. The minimum atomic E-state index is -3.54. The molecule has 5 heterocycles. The number of phenols is 1. The summed E-state index contributed by atoms with van der Waals surface area (Å²) < 4.78 is 23.8. The molecule has 19 N–H and O–H groups in total. The third kappa shape index (κ3) is 30.6. The van der Waals surface area contributed by atoms with E-state index in [4.69, 9.17) is 11.5 Å². The highest BCUT2D eigenvalue weighted by atomic mass is 32.2. The number of primary amides is 1. The van der Waals surface area contributed by atoms with Crippen LogP contribution in [0.4, 0.5) is 0 Å². The molecule has 41 nitrogen and oxygen atoms in total. The van der Waals surface area contributed by atoms with Crippen molar-refractivity contribution in [3.63, 3.8) is 0 Å². The Kier molecular flexibility index (Phi) is 39.9. The van der Waals surface area contributed by atoms with E-state index in [0.29, 0.717) is 64.2 Å². The summed E-state index contributed by atoms with van der Waals surface area (Å²) in [6.45, 7) is 9.02. The average Bonchev–Trinajstić information content (AvgIpc) is 1.66. The number of aliphatic hydroxyl groups excluding tert-OH is 1. The van der Waals surface area contributed by atoms with E-state index in [1.165, 1.54) is 62.1 Å². The predicted octanol–water partition coefficient (Wildman–Crippen LogP) is -1.84. The highest BCUT2D eigenvalue weighted by Crippen LogP contribution is 2.28. The molecule has 3 saturated heterocycles. The second kappa shape index (κ2) is 50.0. The number of carbonyl (C=O) groups is 17. The van der Waals surface area contributed by atoms with Crippen LogP contribution in [0.3, 0.4) is 0 Å². The van der Waals surface area contributed by atoms with Crippen LogP contribution in [0, 0.1) is 11.8 Å². The molecule has 0 saturated carbocycles. The van der Waals surface area contributed by atoms with Gasteiger partial charge in [0.2, 0.25) is 100 Å². The SMILES string of the molecule is CCCC[C@H]1C(=O)N(C)[C@@H](CCCC)C(=O)N[C@@H](CC(C)C)C(=O)N[C@H](C(=O)NCC(=O)NCCS(C)(=O)=O)CSCC(=O)N[C@@H](Cc2ccc(O)cc2)C(=O)N(C)[C@@H](C)C(=O)N[C@@H](CC(N)=O)C(=O)N2CCC[C@H]2C(=O)N[C@@H](CN)C(=O)N[C@@H](CC(C)C)C(=O)N2C[C@H](O)C[C@H]2C(=O)N[C@@H](Cc2c[nH]c3ccccc23)C(=O)NCC(=O)NC(Cc2c[nH]c3ccccc23)C(=O)N1C. The van der Waals surface area contributed by atoms with Gasteiger partial charge in [0, 0.05) is 119 Å². The van der Waals surface area contributed by atoms with Crippen molar-refractivity contribution in [1.82, 2.24) is 93.0 Å². The second-order valence-electron chi connectivity index (χ2n) is 35.1. The Morgan fingerprint density at radius 1 is 0.564 bits per heavy atom. The number of H-pyrrole nitrogens is 2. The number of benzene rings is 3. The lowest BCUT2D eigenvalue weighted by atomic mass is 9.99. The highest BCUT2D eigenvalue weighted by molar-refractivity contribution is 8.00. The van der Waals surface area contributed by atoms with Crippen molar-refractivity contribution in [2.45, 2.75) is 229 Å². The molecule has 3 aromatic carbocycles. The minimum absolute atomic E-state index is 0.0109. The molecule has 5 aromatic rings. The molecule has 2 aromatic heterocycles. The van der Waals surface area contributed by atoms with Crippen LogP contribution >= 0.6 is 11.8 Å². The lowest BCUT2D eigenvalue weighted by molar-refractivity contribution is -0.149. The number of aromatic hydroxyl groups is 1. The van der Waals surface area contributed by atoms with Crippen molar-refractivity contribution >= 4 is 144 Å². The standard InChI is InChI=1S/C90H130N20O21S2/c1-12-14-25-70-83(122)100-62(35-50(3)4)81(120)105-69(80(119)96-45-75(114)93-32-34-133(11,130)131)48-132-49-77(116)99-65(37-53-28-30-56(111)31-29-53)86(125)106(8)52(7)78(117)102-67(41-74(92)113)88(127)109-33-20-27-71(109)84(123)104-68(42-91)82(121)103-64(36-51(5)6)89(128)110-47-57(112)40-73(110)85(124)101-63(38-54-43-94-60-23-18-16-21-58(54)60)79(118)97-46-76(115)98-66(39-55-44-95-61-24-19-17-22-59(55)61)87(126)108(10)72(26-15-13-2)90(129)107(70)9/h16-19,21-24,28-31,43-44,50-52,57,62-73,94-95,111-112H,12-15,20,25-27,32-42,45-49,91H2,1-11H3,(H2,92,113)(H,93,114)(H,96,119)(H,97,118)(H,98,115)(H,99,116)(H,100,122)(H,101,124)(H,102,117)(H,103,121)(H,104,123)(H,105,120)/t52-,57+,62-,63-,64-,65-,66?,67-,68-,69-,70-,71-,72-,73-/m0/s1. The fraction of sp³-hybridized carbons (Fsp3) is 0.567. The van der Waals surface area contributed by atoms with Gasteiger partial charge in [0.15, 0.2) is 0 Å². The van der Waals surface area contributed by atoms with Gasteiger partial charge in [-0.25, -0.2) is 8.42 Å². The van der Waals surface area contributed by atoms with Gasteiger partial charge in [0.25, 0.3) is 0 Å². The smallest absolute Gasteiger partial charge is 0.246 e. The van der Waals surface area contributed by atoms with E-state index in [1.54, 1.807) is 88.6 Å². The monoisotopic (exact) mass is 1890 g/mol. The van der Waals surface area contributed by atoms with Gasteiger partial charge in [-0.1, -0.05) is 116 Å². The number of rotatable bonds is 25. The summed E-state index contributed by atoms with van der Waals surface area (Å²) in [5.74, 6) is -17.6. The molecule has 8 rings (SSSR count). The molecule has 17 amide bonds. The van der Waals surface area contributed by atoms with E-state index in [9.17, 15) is 76.2 Å². The number of unbranched alkanes of at least 4 members (excludes halogenated alkanes) is 2. The number of para-hydroxylation sites is 2. The summed E-state index contributed by atoms with van der Waals surface area (Å²) in [5.41, 5.74) is 14.7. The Hall–Kier alpha value is -12.3. The van der Waals surface area contributed by atoms with Gasteiger partial charge in [-0.3, -0.25) is 81.5 Å². The van der Waals surface area contributed by atoms with E-state index in [1.807, 2.05) is 13.8 Å². The molecule has 3 aliphatic rings. The molecule has 43 heteroatoms. The Morgan fingerprint density at radius 3 is 1.69 bits per heavy atom. The first-order chi connectivity index (χ1) is 63.0. The molecule has 1 unspecified atom stereocenters. The average molecular weight is 1890 g/mol. The van der Waals surface area contributed by atoms with Crippen molar-refractivity contribution in [3.8, 4) is 5.75 Å². The summed E-state index contributed by atoms with van der Waals surface area (Å²) in [6, 6.07) is 0.440. The van der Waals surface area contributed by atoms with Crippen LogP contribution in [0.2, 0.25) is 0 Å². The topological polar surface area (TPSA) is 597 Å². The van der Waals surface area contributed by atoms with Gasteiger partial charge in [-0.2, -0.15) is 0 Å². The number of sulfone groups is 1. The van der Waals surface area contributed by atoms with E-state index in [2.05, 4.69) is 68.5 Å². The molecule has 0 radical (unpaired) electrons. The zero-order valence-electron chi connectivity index (χ0n) is 77.1. The first-order valence-electron chi connectivity index (χ1n) is 45.0. The Balaban J connectivity index is 1.17. The van der Waals surface area contributed by atoms with Crippen LogP contribution in [0.25, 0.3) is 21.8 Å². The summed E-state index contributed by atoms with van der Waals surface area (Å²) in [4.78, 5) is 261. The van der Waals surface area contributed by atoms with Gasteiger partial charge in [-0.05, 0) is 98.2 Å². The fourth-order valence-corrected chi connectivity index (χ4v) is 17.7. The number of aromatic amines is 2. The molecule has 14 atom stereocenters. The number of phenolic OH excluding ortho intramolecular Hbond substituents is 1. The minimum Gasteiger partial charge on any atom is -0.508 e. The predicted molar refractivity (Wildman–Crippen MR) is 494 cm³/mol. The zero-order valence-corrected chi connectivity index (χ0v) is 78.8. The number of nitrogens with one attached hydrogen (secondary N) is 13. The number of thioether (sulfide) groups is 1. The number of nitrogens with zero attached hydrogens (tertiary/aromatic N) is 5. The normalized spacial score (nSPS) is 24.6. The van der Waals surface area contributed by atoms with Gasteiger partial charge in [0.1, 0.15) is 94.1 Å². The number of aromatic nitrogens is 2. The zero-order chi connectivity index (χ0) is 97.8. The summed E-state index contributed by atoms with van der Waals surface area (Å²) in [7, 11) is 0.445. The van der Waals surface area contributed by atoms with Crippen LogP contribution in [-0.2, 0) is 111 Å². The summed E-state index contributed by atoms with van der Waals surface area (Å²) >= 11 is 0.770. The van der Waals surface area contributed by atoms with Crippen LogP contribution in [-0.4, -0.2) is 322 Å². The molecular weight excluding hydrogens is 1760 g/mol. The van der Waals surface area contributed by atoms with Gasteiger partial charge < -0.3 is 115 Å². The van der Waals surface area contributed by atoms with Crippen molar-refractivity contribution in [2.24, 2.45) is 23.3 Å². The molecule has 0 spiro atoms. The quantitative estimate of drug-likeness (QED) is 0.0305. The highest BCUT2D eigenvalue weighted by Gasteiger charge is 2.46.